The largest absolute Gasteiger partial charge is 0.353 e. The third-order valence-corrected chi connectivity index (χ3v) is 4.86. The number of amides is 1. The molecule has 1 aromatic carbocycles. The van der Waals surface area contributed by atoms with Gasteiger partial charge in [-0.05, 0) is 56.4 Å². The maximum atomic E-state index is 12.4. The average Bonchev–Trinajstić information content (AvgIpc) is 2.48. The molecule has 1 unspecified atom stereocenters. The molecule has 0 saturated heterocycles. The zero-order valence-corrected chi connectivity index (χ0v) is 13.6. The van der Waals surface area contributed by atoms with Crippen molar-refractivity contribution in [3.8, 4) is 0 Å². The minimum absolute atomic E-state index is 0.211. The first-order chi connectivity index (χ1) is 10.1. The Morgan fingerprint density at radius 1 is 1.10 bits per heavy atom. The number of hydrogen-bond acceptors (Lipinski definition) is 1. The van der Waals surface area contributed by atoms with Gasteiger partial charge in [0.15, 0.2) is 0 Å². The normalized spacial score (nSPS) is 23.8. The zero-order valence-electron chi connectivity index (χ0n) is 13.6. The summed E-state index contributed by atoms with van der Waals surface area (Å²) in [5.41, 5.74) is 1.29. The van der Waals surface area contributed by atoms with Gasteiger partial charge >= 0.3 is 0 Å². The van der Waals surface area contributed by atoms with Gasteiger partial charge in [0.1, 0.15) is 0 Å². The standard InChI is InChI=1S/C19H29NO/c1-14(2)17-9-11-18(12-10-17)19(21)20-15(3)13-16-7-5-4-6-8-16/h4-8,14-15,17-18H,9-13H2,1-3H3,(H,20,21). The van der Waals surface area contributed by atoms with Crippen molar-refractivity contribution >= 4 is 5.91 Å². The Morgan fingerprint density at radius 2 is 1.71 bits per heavy atom. The van der Waals surface area contributed by atoms with Gasteiger partial charge in [0.25, 0.3) is 0 Å². The second-order valence-corrected chi connectivity index (χ2v) is 6.96. The molecule has 2 rings (SSSR count). The number of nitrogens with one attached hydrogen (secondary N) is 1. The van der Waals surface area contributed by atoms with Crippen molar-refractivity contribution in [1.29, 1.82) is 0 Å². The Bertz CT molecular complexity index is 432. The smallest absolute Gasteiger partial charge is 0.223 e. The molecule has 0 spiro atoms. The van der Waals surface area contributed by atoms with E-state index >= 15 is 0 Å². The van der Waals surface area contributed by atoms with Gasteiger partial charge in [-0.25, -0.2) is 0 Å². The summed E-state index contributed by atoms with van der Waals surface area (Å²) in [6.07, 6.45) is 5.46. The quantitative estimate of drug-likeness (QED) is 0.864. The molecule has 1 aliphatic carbocycles. The monoisotopic (exact) mass is 287 g/mol. The fourth-order valence-electron chi connectivity index (χ4n) is 3.43. The van der Waals surface area contributed by atoms with Crippen molar-refractivity contribution in [2.24, 2.45) is 17.8 Å². The van der Waals surface area contributed by atoms with E-state index in [0.717, 1.165) is 31.1 Å². The van der Waals surface area contributed by atoms with E-state index in [1.165, 1.54) is 18.4 Å². The average molecular weight is 287 g/mol. The molecule has 1 atom stereocenters. The third kappa shape index (κ3) is 4.87. The molecule has 0 heterocycles. The van der Waals surface area contributed by atoms with Gasteiger partial charge in [0, 0.05) is 12.0 Å². The number of hydrogen-bond donors (Lipinski definition) is 1. The fraction of sp³-hybridized carbons (Fsp3) is 0.632. The van der Waals surface area contributed by atoms with Gasteiger partial charge < -0.3 is 5.32 Å². The lowest BCUT2D eigenvalue weighted by Crippen LogP contribution is -2.39. The SMILES string of the molecule is CC(Cc1ccccc1)NC(=O)C1CCC(C(C)C)CC1. The Balaban J connectivity index is 1.77. The van der Waals surface area contributed by atoms with E-state index in [1.807, 2.05) is 6.07 Å². The lowest BCUT2D eigenvalue weighted by atomic mass is 9.76. The molecule has 116 valence electrons. The fourth-order valence-corrected chi connectivity index (χ4v) is 3.43. The van der Waals surface area contributed by atoms with Gasteiger partial charge in [-0.15, -0.1) is 0 Å². The van der Waals surface area contributed by atoms with Crippen LogP contribution in [0.4, 0.5) is 0 Å². The molecule has 2 nitrogen and oxygen atoms in total. The van der Waals surface area contributed by atoms with Crippen LogP contribution in [0.2, 0.25) is 0 Å². The van der Waals surface area contributed by atoms with E-state index in [4.69, 9.17) is 0 Å². The molecule has 1 aromatic rings. The van der Waals surface area contributed by atoms with Crippen molar-refractivity contribution in [1.82, 2.24) is 5.32 Å². The molecule has 1 aliphatic rings. The van der Waals surface area contributed by atoms with Crippen LogP contribution in [0, 0.1) is 17.8 Å². The number of carbonyl (C=O) groups excluding carboxylic acids is 1. The Labute approximate surface area is 129 Å². The lowest BCUT2D eigenvalue weighted by molar-refractivity contribution is -0.126. The summed E-state index contributed by atoms with van der Waals surface area (Å²) in [6, 6.07) is 10.6. The predicted octanol–water partition coefficient (Wildman–Crippen LogP) is 4.20. The van der Waals surface area contributed by atoms with Gasteiger partial charge in [-0.1, -0.05) is 44.2 Å². The maximum Gasteiger partial charge on any atom is 0.223 e. The van der Waals surface area contributed by atoms with Crippen LogP contribution in [0.5, 0.6) is 0 Å². The molecule has 0 radical (unpaired) electrons. The summed E-state index contributed by atoms with van der Waals surface area (Å²) in [5, 5.41) is 3.20. The second-order valence-electron chi connectivity index (χ2n) is 6.96. The second kappa shape index (κ2) is 7.63. The predicted molar refractivity (Wildman–Crippen MR) is 88.0 cm³/mol. The summed E-state index contributed by atoms with van der Waals surface area (Å²) in [4.78, 5) is 12.4. The third-order valence-electron chi connectivity index (χ3n) is 4.86. The number of carbonyl (C=O) groups is 1. The van der Waals surface area contributed by atoms with Crippen LogP contribution < -0.4 is 5.32 Å². The Kier molecular flexibility index (Phi) is 5.84. The molecular formula is C19H29NO. The molecule has 21 heavy (non-hydrogen) atoms. The van der Waals surface area contributed by atoms with Crippen molar-refractivity contribution in [3.05, 3.63) is 35.9 Å². The Hall–Kier alpha value is -1.31. The molecule has 1 fully saturated rings. The number of rotatable bonds is 5. The van der Waals surface area contributed by atoms with Crippen molar-refractivity contribution in [3.63, 3.8) is 0 Å². The summed E-state index contributed by atoms with van der Waals surface area (Å²) in [5.74, 6) is 2.07. The molecule has 1 amide bonds. The zero-order chi connectivity index (χ0) is 15.2. The van der Waals surface area contributed by atoms with Crippen LogP contribution in [0.1, 0.15) is 52.0 Å². The van der Waals surface area contributed by atoms with Crippen LogP contribution >= 0.6 is 0 Å². The van der Waals surface area contributed by atoms with Crippen molar-refractivity contribution < 1.29 is 4.79 Å². The van der Waals surface area contributed by atoms with Crippen LogP contribution in [0.3, 0.4) is 0 Å². The first kappa shape index (κ1) is 16.1. The molecule has 2 heteroatoms. The van der Waals surface area contributed by atoms with E-state index in [9.17, 15) is 4.79 Å². The van der Waals surface area contributed by atoms with Crippen LogP contribution in [-0.2, 0) is 11.2 Å². The highest BCUT2D eigenvalue weighted by molar-refractivity contribution is 5.79. The molecular weight excluding hydrogens is 258 g/mol. The molecule has 0 aliphatic heterocycles. The Morgan fingerprint density at radius 3 is 2.29 bits per heavy atom. The maximum absolute atomic E-state index is 12.4. The highest BCUT2D eigenvalue weighted by Crippen LogP contribution is 2.33. The molecule has 0 aromatic heterocycles. The first-order valence-corrected chi connectivity index (χ1v) is 8.40. The highest BCUT2D eigenvalue weighted by Gasteiger charge is 2.28. The minimum atomic E-state index is 0.211. The summed E-state index contributed by atoms with van der Waals surface area (Å²) >= 11 is 0. The van der Waals surface area contributed by atoms with Crippen LogP contribution in [-0.4, -0.2) is 11.9 Å². The summed E-state index contributed by atoms with van der Waals surface area (Å²) in [6.45, 7) is 6.70. The lowest BCUT2D eigenvalue weighted by Gasteiger charge is -2.30. The van der Waals surface area contributed by atoms with E-state index in [0.29, 0.717) is 0 Å². The van der Waals surface area contributed by atoms with Gasteiger partial charge in [-0.3, -0.25) is 4.79 Å². The van der Waals surface area contributed by atoms with E-state index < -0.39 is 0 Å². The van der Waals surface area contributed by atoms with Gasteiger partial charge in [0.05, 0.1) is 0 Å². The van der Waals surface area contributed by atoms with Crippen molar-refractivity contribution in [2.75, 3.05) is 0 Å². The van der Waals surface area contributed by atoms with Crippen LogP contribution in [0.15, 0.2) is 30.3 Å². The van der Waals surface area contributed by atoms with E-state index in [-0.39, 0.29) is 17.9 Å². The van der Waals surface area contributed by atoms with E-state index in [2.05, 4.69) is 50.4 Å². The van der Waals surface area contributed by atoms with Gasteiger partial charge in [-0.2, -0.15) is 0 Å². The van der Waals surface area contributed by atoms with Crippen LogP contribution in [0.25, 0.3) is 0 Å². The molecule has 1 saturated carbocycles. The van der Waals surface area contributed by atoms with E-state index in [1.54, 1.807) is 0 Å². The van der Waals surface area contributed by atoms with Crippen molar-refractivity contribution in [2.45, 2.75) is 58.9 Å². The molecule has 0 bridgehead atoms. The molecule has 1 N–H and O–H groups in total. The summed E-state index contributed by atoms with van der Waals surface area (Å²) in [7, 11) is 0. The van der Waals surface area contributed by atoms with Gasteiger partial charge in [0.2, 0.25) is 5.91 Å². The number of benzene rings is 1. The summed E-state index contributed by atoms with van der Waals surface area (Å²) < 4.78 is 0. The minimum Gasteiger partial charge on any atom is -0.353 e. The first-order valence-electron chi connectivity index (χ1n) is 8.40. The topological polar surface area (TPSA) is 29.1 Å². The highest BCUT2D eigenvalue weighted by atomic mass is 16.1.